The monoisotopic (exact) mass is 329 g/mol. The Balaban J connectivity index is 1.52. The number of amides is 1. The molecule has 1 aromatic heterocycles. The fraction of sp³-hybridized carbons (Fsp3) is 0.684. The zero-order valence-electron chi connectivity index (χ0n) is 14.5. The molecule has 130 valence electrons. The van der Waals surface area contributed by atoms with Gasteiger partial charge in [0.25, 0.3) is 11.5 Å². The van der Waals surface area contributed by atoms with Gasteiger partial charge in [-0.15, -0.1) is 0 Å². The first-order valence-corrected chi connectivity index (χ1v) is 9.40. The van der Waals surface area contributed by atoms with E-state index in [-0.39, 0.29) is 11.5 Å². The summed E-state index contributed by atoms with van der Waals surface area (Å²) in [6.07, 6.45) is 8.87. The molecule has 0 radical (unpaired) electrons. The minimum atomic E-state index is -0.0936. The molecule has 3 fully saturated rings. The Hall–Kier alpha value is -1.62. The first-order chi connectivity index (χ1) is 11.6. The van der Waals surface area contributed by atoms with Crippen molar-refractivity contribution >= 4 is 5.91 Å². The molecule has 1 aliphatic carbocycles. The minimum Gasteiger partial charge on any atom is -0.337 e. The van der Waals surface area contributed by atoms with Crippen molar-refractivity contribution in [3.05, 3.63) is 33.7 Å². The molecule has 1 atom stereocenters. The van der Waals surface area contributed by atoms with E-state index < -0.39 is 0 Å². The largest absolute Gasteiger partial charge is 0.337 e. The quantitative estimate of drug-likeness (QED) is 0.854. The van der Waals surface area contributed by atoms with Gasteiger partial charge < -0.3 is 9.47 Å². The number of hydrogen-bond donors (Lipinski definition) is 0. The van der Waals surface area contributed by atoms with Gasteiger partial charge in [-0.25, -0.2) is 0 Å². The number of hydrogen-bond acceptors (Lipinski definition) is 3. The van der Waals surface area contributed by atoms with E-state index in [2.05, 4.69) is 4.90 Å². The van der Waals surface area contributed by atoms with Gasteiger partial charge in [0.1, 0.15) is 5.56 Å². The third kappa shape index (κ3) is 2.90. The second kappa shape index (κ2) is 6.36. The van der Waals surface area contributed by atoms with Crippen molar-refractivity contribution in [3.8, 4) is 0 Å². The topological polar surface area (TPSA) is 45.6 Å². The van der Waals surface area contributed by atoms with Crippen molar-refractivity contribution in [1.82, 2.24) is 14.4 Å². The van der Waals surface area contributed by atoms with E-state index in [9.17, 15) is 9.59 Å². The molecule has 1 unspecified atom stereocenters. The molecule has 5 heteroatoms. The van der Waals surface area contributed by atoms with Crippen LogP contribution in [0.25, 0.3) is 0 Å². The molecular formula is C19H27N3O2. The number of aromatic nitrogens is 1. The molecule has 1 amide bonds. The molecule has 1 saturated carbocycles. The average Bonchev–Trinajstić information content (AvgIpc) is 3.31. The number of carbonyl (C=O) groups excluding carboxylic acids is 1. The minimum absolute atomic E-state index is 0.0630. The predicted octanol–water partition coefficient (Wildman–Crippen LogP) is 2.19. The van der Waals surface area contributed by atoms with Crippen molar-refractivity contribution < 1.29 is 4.79 Å². The van der Waals surface area contributed by atoms with Gasteiger partial charge in [0, 0.05) is 31.4 Å². The molecule has 4 rings (SSSR count). The van der Waals surface area contributed by atoms with Crippen LogP contribution in [0.4, 0.5) is 0 Å². The van der Waals surface area contributed by atoms with Gasteiger partial charge in [0.2, 0.25) is 0 Å². The molecule has 3 heterocycles. The van der Waals surface area contributed by atoms with E-state index in [0.29, 0.717) is 17.6 Å². The Morgan fingerprint density at radius 3 is 2.50 bits per heavy atom. The van der Waals surface area contributed by atoms with E-state index in [1.807, 2.05) is 24.1 Å². The molecule has 2 saturated heterocycles. The second-order valence-corrected chi connectivity index (χ2v) is 7.61. The van der Waals surface area contributed by atoms with Crippen LogP contribution in [0.15, 0.2) is 17.1 Å². The average molecular weight is 329 g/mol. The van der Waals surface area contributed by atoms with Crippen LogP contribution < -0.4 is 5.56 Å². The second-order valence-electron chi connectivity index (χ2n) is 7.61. The SMILES string of the molecule is Cc1ccn(C2CC2)c(=O)c1C(=O)N1CCC(N2CCCCC2)C1. The normalized spacial score (nSPS) is 25.2. The van der Waals surface area contributed by atoms with Gasteiger partial charge in [-0.2, -0.15) is 0 Å². The number of pyridine rings is 1. The number of piperidine rings is 1. The van der Waals surface area contributed by atoms with Crippen molar-refractivity contribution in [2.45, 2.75) is 57.5 Å². The third-order valence-electron chi connectivity index (χ3n) is 5.84. The van der Waals surface area contributed by atoms with Crippen molar-refractivity contribution in [2.24, 2.45) is 0 Å². The standard InChI is InChI=1S/C19H27N3O2/c1-14-7-12-22(15-5-6-15)19(24)17(14)18(23)21-11-8-16(13-21)20-9-3-2-4-10-20/h7,12,15-16H,2-6,8-11,13H2,1H3. The van der Waals surface area contributed by atoms with Crippen LogP contribution in [0.1, 0.15) is 60.5 Å². The Bertz CT molecular complexity index is 686. The smallest absolute Gasteiger partial charge is 0.263 e. The van der Waals surface area contributed by atoms with Gasteiger partial charge >= 0.3 is 0 Å². The summed E-state index contributed by atoms with van der Waals surface area (Å²) >= 11 is 0. The molecular weight excluding hydrogens is 302 g/mol. The van der Waals surface area contributed by atoms with Crippen molar-refractivity contribution in [1.29, 1.82) is 0 Å². The highest BCUT2D eigenvalue weighted by Gasteiger charge is 2.34. The van der Waals surface area contributed by atoms with Gasteiger partial charge in [-0.05, 0) is 63.7 Å². The van der Waals surface area contributed by atoms with Crippen LogP contribution in [0, 0.1) is 6.92 Å². The maximum atomic E-state index is 13.0. The lowest BCUT2D eigenvalue weighted by Gasteiger charge is -2.32. The van der Waals surface area contributed by atoms with Crippen LogP contribution in [0.5, 0.6) is 0 Å². The number of likely N-dealkylation sites (tertiary alicyclic amines) is 2. The summed E-state index contributed by atoms with van der Waals surface area (Å²) in [6.45, 7) is 5.74. The van der Waals surface area contributed by atoms with E-state index >= 15 is 0 Å². The van der Waals surface area contributed by atoms with Gasteiger partial charge in [0.05, 0.1) is 0 Å². The zero-order valence-corrected chi connectivity index (χ0v) is 14.5. The summed E-state index contributed by atoms with van der Waals surface area (Å²) in [5, 5.41) is 0. The summed E-state index contributed by atoms with van der Waals surface area (Å²) in [4.78, 5) is 30.2. The summed E-state index contributed by atoms with van der Waals surface area (Å²) in [7, 11) is 0. The highest BCUT2D eigenvalue weighted by atomic mass is 16.2. The molecule has 0 bridgehead atoms. The Labute approximate surface area is 143 Å². The number of aryl methyl sites for hydroxylation is 1. The zero-order chi connectivity index (χ0) is 16.7. The Morgan fingerprint density at radius 1 is 1.04 bits per heavy atom. The van der Waals surface area contributed by atoms with E-state index in [0.717, 1.165) is 51.0 Å². The summed E-state index contributed by atoms with van der Waals surface area (Å²) in [6, 6.07) is 2.71. The fourth-order valence-electron chi connectivity index (χ4n) is 4.21. The molecule has 0 spiro atoms. The highest BCUT2D eigenvalue weighted by molar-refractivity contribution is 5.95. The molecule has 0 aromatic carbocycles. The summed E-state index contributed by atoms with van der Waals surface area (Å²) < 4.78 is 1.76. The first kappa shape index (κ1) is 15.9. The van der Waals surface area contributed by atoms with Gasteiger partial charge in [-0.3, -0.25) is 14.5 Å². The molecule has 1 aromatic rings. The summed E-state index contributed by atoms with van der Waals surface area (Å²) in [5.74, 6) is -0.0630. The lowest BCUT2D eigenvalue weighted by molar-refractivity contribution is 0.0768. The Morgan fingerprint density at radius 2 is 1.79 bits per heavy atom. The number of rotatable bonds is 3. The van der Waals surface area contributed by atoms with Crippen LogP contribution >= 0.6 is 0 Å². The third-order valence-corrected chi connectivity index (χ3v) is 5.84. The fourth-order valence-corrected chi connectivity index (χ4v) is 4.21. The lowest BCUT2D eigenvalue weighted by Crippen LogP contribution is -2.42. The number of carbonyl (C=O) groups is 1. The van der Waals surface area contributed by atoms with Crippen LogP contribution in [-0.2, 0) is 0 Å². The van der Waals surface area contributed by atoms with Gasteiger partial charge in [0.15, 0.2) is 0 Å². The van der Waals surface area contributed by atoms with E-state index in [4.69, 9.17) is 0 Å². The van der Waals surface area contributed by atoms with Crippen molar-refractivity contribution in [3.63, 3.8) is 0 Å². The van der Waals surface area contributed by atoms with Crippen molar-refractivity contribution in [2.75, 3.05) is 26.2 Å². The van der Waals surface area contributed by atoms with E-state index in [1.165, 1.54) is 19.3 Å². The van der Waals surface area contributed by atoms with E-state index in [1.54, 1.807) is 4.57 Å². The highest BCUT2D eigenvalue weighted by Crippen LogP contribution is 2.33. The summed E-state index contributed by atoms with van der Waals surface area (Å²) in [5.41, 5.74) is 1.11. The maximum absolute atomic E-state index is 13.0. The molecule has 5 nitrogen and oxygen atoms in total. The molecule has 0 N–H and O–H groups in total. The Kier molecular flexibility index (Phi) is 4.21. The molecule has 2 aliphatic heterocycles. The van der Waals surface area contributed by atoms with Gasteiger partial charge in [-0.1, -0.05) is 6.42 Å². The molecule has 24 heavy (non-hydrogen) atoms. The number of nitrogens with zero attached hydrogens (tertiary/aromatic N) is 3. The predicted molar refractivity (Wildman–Crippen MR) is 93.4 cm³/mol. The van der Waals surface area contributed by atoms with Crippen LogP contribution in [-0.4, -0.2) is 52.5 Å². The molecule has 3 aliphatic rings. The van der Waals surface area contributed by atoms with Crippen LogP contribution in [0.3, 0.4) is 0 Å². The lowest BCUT2D eigenvalue weighted by atomic mass is 10.1. The maximum Gasteiger partial charge on any atom is 0.263 e. The van der Waals surface area contributed by atoms with Crippen LogP contribution in [0.2, 0.25) is 0 Å². The first-order valence-electron chi connectivity index (χ1n) is 9.40.